The molecule has 0 atom stereocenters. The Balaban J connectivity index is 1.56. The van der Waals surface area contributed by atoms with E-state index in [1.165, 1.54) is 30.5 Å². The van der Waals surface area contributed by atoms with E-state index in [1.54, 1.807) is 24.3 Å². The van der Waals surface area contributed by atoms with Crippen molar-refractivity contribution < 1.29 is 27.1 Å². The van der Waals surface area contributed by atoms with E-state index in [0.29, 0.717) is 5.75 Å². The number of hydrogen-bond acceptors (Lipinski definition) is 4. The van der Waals surface area contributed by atoms with Crippen LogP contribution in [0.25, 0.3) is 11.3 Å². The van der Waals surface area contributed by atoms with Crippen molar-refractivity contribution in [3.8, 4) is 17.1 Å². The van der Waals surface area contributed by atoms with Crippen molar-refractivity contribution in [2.24, 2.45) is 5.10 Å². The lowest BCUT2D eigenvalue weighted by Gasteiger charge is -2.07. The van der Waals surface area contributed by atoms with Gasteiger partial charge in [0, 0.05) is 5.56 Å². The summed E-state index contributed by atoms with van der Waals surface area (Å²) in [5, 5.41) is 3.74. The van der Waals surface area contributed by atoms with Crippen molar-refractivity contribution in [1.82, 2.24) is 5.43 Å². The van der Waals surface area contributed by atoms with Gasteiger partial charge in [0.25, 0.3) is 5.91 Å². The van der Waals surface area contributed by atoms with Crippen LogP contribution in [-0.2, 0) is 11.0 Å². The zero-order valence-corrected chi connectivity index (χ0v) is 14.4. The molecule has 5 nitrogen and oxygen atoms in total. The smallest absolute Gasteiger partial charge is 0.416 e. The van der Waals surface area contributed by atoms with Crippen LogP contribution in [0.15, 0.2) is 76.2 Å². The monoisotopic (exact) mass is 388 g/mol. The van der Waals surface area contributed by atoms with Crippen LogP contribution in [0.2, 0.25) is 0 Å². The van der Waals surface area contributed by atoms with Gasteiger partial charge in [-0.25, -0.2) is 5.43 Å². The zero-order valence-electron chi connectivity index (χ0n) is 14.4. The second-order valence-corrected chi connectivity index (χ2v) is 5.68. The number of furan rings is 1. The predicted octanol–water partition coefficient (Wildman–Crippen LogP) is 4.49. The molecule has 0 aliphatic rings. The second kappa shape index (κ2) is 8.43. The van der Waals surface area contributed by atoms with Crippen LogP contribution in [0.3, 0.4) is 0 Å². The number of ether oxygens (including phenoxy) is 1. The van der Waals surface area contributed by atoms with E-state index in [2.05, 4.69) is 10.5 Å². The molecule has 28 heavy (non-hydrogen) atoms. The van der Waals surface area contributed by atoms with Crippen LogP contribution < -0.4 is 10.2 Å². The van der Waals surface area contributed by atoms with Gasteiger partial charge in [0.1, 0.15) is 17.3 Å². The van der Waals surface area contributed by atoms with Crippen molar-refractivity contribution in [3.05, 3.63) is 78.1 Å². The average molecular weight is 388 g/mol. The molecule has 2 aromatic carbocycles. The lowest BCUT2D eigenvalue weighted by Crippen LogP contribution is -2.24. The summed E-state index contributed by atoms with van der Waals surface area (Å²) in [6.07, 6.45) is -3.18. The van der Waals surface area contributed by atoms with Crippen molar-refractivity contribution >= 4 is 12.1 Å². The fourth-order valence-corrected chi connectivity index (χ4v) is 2.29. The van der Waals surface area contributed by atoms with Crippen LogP contribution >= 0.6 is 0 Å². The van der Waals surface area contributed by atoms with E-state index in [9.17, 15) is 18.0 Å². The van der Waals surface area contributed by atoms with E-state index in [4.69, 9.17) is 9.15 Å². The number of alkyl halides is 3. The molecule has 0 spiro atoms. The van der Waals surface area contributed by atoms with E-state index in [1.807, 2.05) is 6.07 Å². The third-order valence-corrected chi connectivity index (χ3v) is 3.60. The standard InChI is InChI=1S/C20H15F3N2O3/c21-20(22,23)15-6-4-5-14(11-15)18-10-9-17(28-18)12-24-25-19(26)13-27-16-7-2-1-3-8-16/h1-12H,13H2,(H,25,26). The van der Waals surface area contributed by atoms with Gasteiger partial charge in [-0.3, -0.25) is 4.79 Å². The van der Waals surface area contributed by atoms with Crippen LogP contribution in [0, 0.1) is 0 Å². The number of carbonyl (C=O) groups is 1. The van der Waals surface area contributed by atoms with Crippen molar-refractivity contribution in [3.63, 3.8) is 0 Å². The number of amides is 1. The highest BCUT2D eigenvalue weighted by Gasteiger charge is 2.30. The van der Waals surface area contributed by atoms with Crippen molar-refractivity contribution in [2.75, 3.05) is 6.61 Å². The molecule has 0 aliphatic heterocycles. The molecule has 0 saturated carbocycles. The highest BCUT2D eigenvalue weighted by molar-refractivity contribution is 5.81. The fourth-order valence-electron chi connectivity index (χ4n) is 2.29. The molecular weight excluding hydrogens is 373 g/mol. The van der Waals surface area contributed by atoms with E-state index < -0.39 is 17.6 Å². The number of benzene rings is 2. The number of nitrogens with zero attached hydrogens (tertiary/aromatic N) is 1. The Hall–Kier alpha value is -3.55. The van der Waals surface area contributed by atoms with Gasteiger partial charge < -0.3 is 9.15 Å². The largest absolute Gasteiger partial charge is 0.484 e. The third kappa shape index (κ3) is 5.23. The van der Waals surface area contributed by atoms with Gasteiger partial charge in [-0.2, -0.15) is 18.3 Å². The molecule has 144 valence electrons. The molecule has 0 radical (unpaired) electrons. The SMILES string of the molecule is O=C(COc1ccccc1)NN=Cc1ccc(-c2cccc(C(F)(F)F)c2)o1. The molecule has 0 unspecified atom stereocenters. The summed E-state index contributed by atoms with van der Waals surface area (Å²) in [6, 6.07) is 16.7. The molecular formula is C20H15F3N2O3. The van der Waals surface area contributed by atoms with Gasteiger partial charge in [-0.1, -0.05) is 30.3 Å². The highest BCUT2D eigenvalue weighted by Crippen LogP contribution is 2.32. The quantitative estimate of drug-likeness (QED) is 0.500. The third-order valence-electron chi connectivity index (χ3n) is 3.60. The normalized spacial score (nSPS) is 11.5. The Bertz CT molecular complexity index is 966. The highest BCUT2D eigenvalue weighted by atomic mass is 19.4. The molecule has 8 heteroatoms. The summed E-state index contributed by atoms with van der Waals surface area (Å²) < 4.78 is 49.1. The first-order valence-electron chi connectivity index (χ1n) is 8.19. The van der Waals surface area contributed by atoms with Gasteiger partial charge in [0.15, 0.2) is 6.61 Å². The number of hydrazone groups is 1. The first-order valence-corrected chi connectivity index (χ1v) is 8.19. The second-order valence-electron chi connectivity index (χ2n) is 5.68. The summed E-state index contributed by atoms with van der Waals surface area (Å²) in [7, 11) is 0. The zero-order chi connectivity index (χ0) is 20.0. The lowest BCUT2D eigenvalue weighted by molar-refractivity contribution is -0.137. The molecule has 1 heterocycles. The number of para-hydroxylation sites is 1. The number of halogens is 3. The fraction of sp³-hybridized carbons (Fsp3) is 0.100. The lowest BCUT2D eigenvalue weighted by atomic mass is 10.1. The van der Waals surface area contributed by atoms with E-state index in [0.717, 1.165) is 12.1 Å². The van der Waals surface area contributed by atoms with E-state index in [-0.39, 0.29) is 23.7 Å². The first-order chi connectivity index (χ1) is 13.4. The summed E-state index contributed by atoms with van der Waals surface area (Å²) >= 11 is 0. The topological polar surface area (TPSA) is 63.8 Å². The minimum absolute atomic E-state index is 0.213. The number of carbonyl (C=O) groups excluding carboxylic acids is 1. The van der Waals surface area contributed by atoms with Gasteiger partial charge in [-0.05, 0) is 36.4 Å². The van der Waals surface area contributed by atoms with Gasteiger partial charge in [0.05, 0.1) is 11.8 Å². The molecule has 1 aromatic heterocycles. The maximum atomic E-state index is 12.8. The molecule has 0 fully saturated rings. The first kappa shape index (κ1) is 19.2. The number of nitrogens with one attached hydrogen (secondary N) is 1. The van der Waals surface area contributed by atoms with Gasteiger partial charge in [0.2, 0.25) is 0 Å². The molecule has 0 aliphatic carbocycles. The Morgan fingerprint density at radius 3 is 2.61 bits per heavy atom. The molecule has 1 N–H and O–H groups in total. The summed E-state index contributed by atoms with van der Waals surface area (Å²) in [5.41, 5.74) is 1.80. The predicted molar refractivity (Wildman–Crippen MR) is 96.8 cm³/mol. The van der Waals surface area contributed by atoms with Gasteiger partial charge >= 0.3 is 6.18 Å². The van der Waals surface area contributed by atoms with Crippen molar-refractivity contribution in [2.45, 2.75) is 6.18 Å². The van der Waals surface area contributed by atoms with Crippen LogP contribution in [-0.4, -0.2) is 18.7 Å². The Labute approximate surface area is 158 Å². The minimum atomic E-state index is -4.43. The minimum Gasteiger partial charge on any atom is -0.484 e. The molecule has 3 rings (SSSR count). The maximum Gasteiger partial charge on any atom is 0.416 e. The van der Waals surface area contributed by atoms with Crippen LogP contribution in [0.1, 0.15) is 11.3 Å². The van der Waals surface area contributed by atoms with E-state index >= 15 is 0 Å². The number of rotatable bonds is 6. The molecule has 0 bridgehead atoms. The summed E-state index contributed by atoms with van der Waals surface area (Å²) in [4.78, 5) is 11.7. The Morgan fingerprint density at radius 1 is 1.07 bits per heavy atom. The summed E-state index contributed by atoms with van der Waals surface area (Å²) in [5.74, 6) is 0.617. The molecule has 1 amide bonds. The Morgan fingerprint density at radius 2 is 1.86 bits per heavy atom. The van der Waals surface area contributed by atoms with Crippen molar-refractivity contribution in [1.29, 1.82) is 0 Å². The summed E-state index contributed by atoms with van der Waals surface area (Å²) in [6.45, 7) is -0.213. The molecule has 0 saturated heterocycles. The number of hydrogen-bond donors (Lipinski definition) is 1. The maximum absolute atomic E-state index is 12.8. The van der Waals surface area contributed by atoms with Crippen LogP contribution in [0.5, 0.6) is 5.75 Å². The van der Waals surface area contributed by atoms with Crippen LogP contribution in [0.4, 0.5) is 13.2 Å². The van der Waals surface area contributed by atoms with Gasteiger partial charge in [-0.15, -0.1) is 0 Å². The average Bonchev–Trinajstić information content (AvgIpc) is 3.16. The Kier molecular flexibility index (Phi) is 5.78. The molecule has 3 aromatic rings.